The van der Waals surface area contributed by atoms with Gasteiger partial charge in [-0.25, -0.2) is 0 Å². The Balaban J connectivity index is 2.93. The molecule has 1 rings (SSSR count). The Bertz CT molecular complexity index is 406. The van der Waals surface area contributed by atoms with Gasteiger partial charge in [0, 0.05) is 10.2 Å². The van der Waals surface area contributed by atoms with Crippen LogP contribution < -0.4 is 5.32 Å². The summed E-state index contributed by atoms with van der Waals surface area (Å²) in [5.74, 6) is 0.277. The average molecular weight is 363 g/mol. The number of hydrogen-bond acceptors (Lipinski definition) is 1. The molecule has 0 saturated carbocycles. The molecule has 0 spiro atoms. The molecular formula is C13H17Br2NO. The maximum absolute atomic E-state index is 12.0. The van der Waals surface area contributed by atoms with Crippen molar-refractivity contribution in [3.8, 4) is 0 Å². The average Bonchev–Trinajstić information content (AvgIpc) is 2.21. The fourth-order valence-electron chi connectivity index (χ4n) is 1.60. The minimum atomic E-state index is -0.162. The monoisotopic (exact) mass is 361 g/mol. The van der Waals surface area contributed by atoms with E-state index in [1.54, 1.807) is 0 Å². The topological polar surface area (TPSA) is 29.1 Å². The summed E-state index contributed by atoms with van der Waals surface area (Å²) in [4.78, 5) is 11.8. The van der Waals surface area contributed by atoms with Gasteiger partial charge in [-0.2, -0.15) is 0 Å². The Hall–Kier alpha value is -0.350. The maximum Gasteiger partial charge on any atom is 0.238 e. The second kappa shape index (κ2) is 6.01. The Morgan fingerprint density at radius 3 is 2.12 bits per heavy atom. The SMILES string of the molecule is Cc1cc(Br)cc(C)c1NC(=O)C(Br)C(C)C. The summed E-state index contributed by atoms with van der Waals surface area (Å²) in [5, 5.41) is 2.98. The Morgan fingerprint density at radius 2 is 1.71 bits per heavy atom. The van der Waals surface area contributed by atoms with E-state index in [0.29, 0.717) is 0 Å². The number of benzene rings is 1. The molecule has 0 aromatic heterocycles. The van der Waals surface area contributed by atoms with Crippen molar-refractivity contribution in [1.29, 1.82) is 0 Å². The number of anilines is 1. The zero-order chi connectivity index (χ0) is 13.2. The van der Waals surface area contributed by atoms with E-state index in [9.17, 15) is 4.79 Å². The van der Waals surface area contributed by atoms with Crippen LogP contribution in [0.3, 0.4) is 0 Å². The minimum Gasteiger partial charge on any atom is -0.325 e. The van der Waals surface area contributed by atoms with E-state index in [2.05, 4.69) is 37.2 Å². The van der Waals surface area contributed by atoms with Gasteiger partial charge >= 0.3 is 0 Å². The van der Waals surface area contributed by atoms with Crippen LogP contribution >= 0.6 is 31.9 Å². The molecule has 1 unspecified atom stereocenters. The zero-order valence-electron chi connectivity index (χ0n) is 10.5. The van der Waals surface area contributed by atoms with E-state index in [0.717, 1.165) is 21.3 Å². The molecule has 1 N–H and O–H groups in total. The number of carbonyl (C=O) groups excluding carboxylic acids is 1. The molecule has 1 aromatic rings. The second-order valence-electron chi connectivity index (χ2n) is 4.55. The van der Waals surface area contributed by atoms with Crippen molar-refractivity contribution in [2.75, 3.05) is 5.32 Å². The number of halogens is 2. The quantitative estimate of drug-likeness (QED) is 0.792. The highest BCUT2D eigenvalue weighted by molar-refractivity contribution is 9.10. The first-order valence-corrected chi connectivity index (χ1v) is 7.25. The summed E-state index contributed by atoms with van der Waals surface area (Å²) >= 11 is 6.85. The highest BCUT2D eigenvalue weighted by atomic mass is 79.9. The molecule has 0 fully saturated rings. The number of carbonyl (C=O) groups is 1. The predicted octanol–water partition coefficient (Wildman–Crippen LogP) is 4.42. The van der Waals surface area contributed by atoms with E-state index >= 15 is 0 Å². The third-order valence-corrected chi connectivity index (χ3v) is 4.51. The lowest BCUT2D eigenvalue weighted by Crippen LogP contribution is -2.27. The van der Waals surface area contributed by atoms with Crippen molar-refractivity contribution in [3.63, 3.8) is 0 Å². The van der Waals surface area contributed by atoms with Gasteiger partial charge in [0.05, 0.1) is 4.83 Å². The number of aryl methyl sites for hydroxylation is 2. The normalized spacial score (nSPS) is 12.6. The molecule has 17 heavy (non-hydrogen) atoms. The molecule has 0 bridgehead atoms. The predicted molar refractivity (Wildman–Crippen MR) is 79.8 cm³/mol. The fourth-order valence-corrected chi connectivity index (χ4v) is 2.40. The summed E-state index contributed by atoms with van der Waals surface area (Å²) < 4.78 is 1.03. The van der Waals surface area contributed by atoms with Crippen LogP contribution in [-0.4, -0.2) is 10.7 Å². The van der Waals surface area contributed by atoms with E-state index in [4.69, 9.17) is 0 Å². The van der Waals surface area contributed by atoms with E-state index in [1.807, 2.05) is 39.8 Å². The van der Waals surface area contributed by atoms with Crippen molar-refractivity contribution in [3.05, 3.63) is 27.7 Å². The lowest BCUT2D eigenvalue weighted by Gasteiger charge is -2.17. The van der Waals surface area contributed by atoms with Crippen LogP contribution in [0.2, 0.25) is 0 Å². The van der Waals surface area contributed by atoms with Crippen molar-refractivity contribution < 1.29 is 4.79 Å². The molecule has 94 valence electrons. The summed E-state index contributed by atoms with van der Waals surface area (Å²) in [7, 11) is 0. The van der Waals surface area contributed by atoms with Gasteiger partial charge in [-0.05, 0) is 43.0 Å². The Labute approximate surface area is 119 Å². The van der Waals surface area contributed by atoms with Crippen LogP contribution in [0.15, 0.2) is 16.6 Å². The molecule has 0 aliphatic rings. The van der Waals surface area contributed by atoms with Crippen LogP contribution in [0.1, 0.15) is 25.0 Å². The molecule has 0 saturated heterocycles. The molecule has 4 heteroatoms. The van der Waals surface area contributed by atoms with Crippen LogP contribution in [0.4, 0.5) is 5.69 Å². The van der Waals surface area contributed by atoms with Crippen molar-refractivity contribution >= 4 is 43.5 Å². The highest BCUT2D eigenvalue weighted by Gasteiger charge is 2.19. The van der Waals surface area contributed by atoms with E-state index in [-0.39, 0.29) is 16.7 Å². The molecule has 2 nitrogen and oxygen atoms in total. The van der Waals surface area contributed by atoms with E-state index in [1.165, 1.54) is 0 Å². The van der Waals surface area contributed by atoms with Gasteiger partial charge in [-0.3, -0.25) is 4.79 Å². The lowest BCUT2D eigenvalue weighted by atomic mass is 10.1. The van der Waals surface area contributed by atoms with Gasteiger partial charge in [0.25, 0.3) is 0 Å². The van der Waals surface area contributed by atoms with Gasteiger partial charge in [-0.15, -0.1) is 0 Å². The first kappa shape index (κ1) is 14.7. The first-order valence-electron chi connectivity index (χ1n) is 5.54. The number of nitrogens with one attached hydrogen (secondary N) is 1. The standard InChI is InChI=1S/C13H17Br2NO/c1-7(2)11(15)13(17)16-12-8(3)5-10(14)6-9(12)4/h5-7,11H,1-4H3,(H,16,17). The van der Waals surface area contributed by atoms with Crippen LogP contribution in [0.25, 0.3) is 0 Å². The summed E-state index contributed by atoms with van der Waals surface area (Å²) in [6.45, 7) is 8.01. The number of rotatable bonds is 3. The molecule has 0 aliphatic heterocycles. The maximum atomic E-state index is 12.0. The lowest BCUT2D eigenvalue weighted by molar-refractivity contribution is -0.116. The summed E-state index contributed by atoms with van der Waals surface area (Å²) in [5.41, 5.74) is 3.03. The molecular weight excluding hydrogens is 346 g/mol. The van der Waals surface area contributed by atoms with Crippen LogP contribution in [-0.2, 0) is 4.79 Å². The largest absolute Gasteiger partial charge is 0.325 e. The number of hydrogen-bond donors (Lipinski definition) is 1. The van der Waals surface area contributed by atoms with Gasteiger partial charge in [0.2, 0.25) is 5.91 Å². The first-order chi connectivity index (χ1) is 7.82. The van der Waals surface area contributed by atoms with Crippen LogP contribution in [0, 0.1) is 19.8 Å². The fraction of sp³-hybridized carbons (Fsp3) is 0.462. The third kappa shape index (κ3) is 3.81. The molecule has 1 atom stereocenters. The van der Waals surface area contributed by atoms with Gasteiger partial charge in [-0.1, -0.05) is 45.7 Å². The van der Waals surface area contributed by atoms with Gasteiger partial charge in [0.1, 0.15) is 0 Å². The van der Waals surface area contributed by atoms with E-state index < -0.39 is 0 Å². The Kier molecular flexibility index (Phi) is 5.20. The van der Waals surface area contributed by atoms with Gasteiger partial charge in [0.15, 0.2) is 0 Å². The smallest absolute Gasteiger partial charge is 0.238 e. The minimum absolute atomic E-state index is 0.00789. The second-order valence-corrected chi connectivity index (χ2v) is 6.45. The van der Waals surface area contributed by atoms with Crippen molar-refractivity contribution in [2.45, 2.75) is 32.5 Å². The zero-order valence-corrected chi connectivity index (χ0v) is 13.6. The highest BCUT2D eigenvalue weighted by Crippen LogP contribution is 2.26. The third-order valence-electron chi connectivity index (χ3n) is 2.58. The summed E-state index contributed by atoms with van der Waals surface area (Å²) in [6.07, 6.45) is 0. The molecule has 1 aromatic carbocycles. The molecule has 0 heterocycles. The van der Waals surface area contributed by atoms with Crippen molar-refractivity contribution in [2.24, 2.45) is 5.92 Å². The molecule has 0 aliphatic carbocycles. The van der Waals surface area contributed by atoms with Crippen LogP contribution in [0.5, 0.6) is 0 Å². The summed E-state index contributed by atoms with van der Waals surface area (Å²) in [6, 6.07) is 4.00. The molecule has 0 radical (unpaired) electrons. The molecule has 1 amide bonds. The number of amides is 1. The number of alkyl halides is 1. The van der Waals surface area contributed by atoms with Crippen molar-refractivity contribution in [1.82, 2.24) is 0 Å². The Morgan fingerprint density at radius 1 is 1.24 bits per heavy atom. The van der Waals surface area contributed by atoms with Gasteiger partial charge < -0.3 is 5.32 Å².